The van der Waals surface area contributed by atoms with Crippen LogP contribution >= 0.6 is 0 Å². The minimum atomic E-state index is -0.825. The average Bonchev–Trinajstić information content (AvgIpc) is 3.35. The molecule has 178 valence electrons. The van der Waals surface area contributed by atoms with E-state index in [2.05, 4.69) is 5.32 Å². The Morgan fingerprint density at radius 1 is 1.30 bits per heavy atom. The molecule has 7 heteroatoms. The van der Waals surface area contributed by atoms with Crippen molar-refractivity contribution in [3.8, 4) is 5.75 Å². The molecular weight excluding hydrogens is 425 g/mol. The fourth-order valence-corrected chi connectivity index (χ4v) is 4.66. The highest BCUT2D eigenvalue weighted by Crippen LogP contribution is 2.59. The van der Waals surface area contributed by atoms with Crippen LogP contribution < -0.4 is 10.1 Å². The maximum absolute atomic E-state index is 14.2. The van der Waals surface area contributed by atoms with Crippen molar-refractivity contribution in [2.24, 2.45) is 5.92 Å². The van der Waals surface area contributed by atoms with Crippen LogP contribution in [-0.4, -0.2) is 47.1 Å². The fraction of sp³-hybridized carbons (Fsp3) is 0.500. The van der Waals surface area contributed by atoms with E-state index in [9.17, 15) is 19.4 Å². The lowest BCUT2D eigenvalue weighted by molar-refractivity contribution is -0.139. The number of carboxylic acid groups (broad SMARTS) is 1. The molecule has 0 amide bonds. The maximum atomic E-state index is 14.2. The smallest absolute Gasteiger partial charge is 0.311 e. The Morgan fingerprint density at radius 2 is 2.06 bits per heavy atom. The molecule has 2 aromatic carbocycles. The molecule has 0 spiro atoms. The Kier molecular flexibility index (Phi) is 6.49. The number of aliphatic carboxylic acids is 1. The lowest BCUT2D eigenvalue weighted by Gasteiger charge is -2.28. The Balaban J connectivity index is 1.28. The Morgan fingerprint density at radius 3 is 2.76 bits per heavy atom. The summed E-state index contributed by atoms with van der Waals surface area (Å²) in [6.07, 6.45) is -0.848. The topological polar surface area (TPSA) is 88.0 Å². The monoisotopic (exact) mass is 457 g/mol. The van der Waals surface area contributed by atoms with Gasteiger partial charge in [0.2, 0.25) is 0 Å². The van der Waals surface area contributed by atoms with Crippen LogP contribution in [0.25, 0.3) is 0 Å². The number of carbonyl (C=O) groups is 1. The molecule has 33 heavy (non-hydrogen) atoms. The predicted molar refractivity (Wildman–Crippen MR) is 122 cm³/mol. The first kappa shape index (κ1) is 23.7. The Hall–Kier alpha value is -2.48. The van der Waals surface area contributed by atoms with Crippen LogP contribution in [0.4, 0.5) is 4.39 Å². The molecule has 1 saturated carbocycles. The van der Waals surface area contributed by atoms with Crippen molar-refractivity contribution in [1.29, 1.82) is 0 Å². The van der Waals surface area contributed by atoms with Gasteiger partial charge in [0.25, 0.3) is 0 Å². The van der Waals surface area contributed by atoms with Crippen LogP contribution in [0.15, 0.2) is 36.4 Å². The number of aliphatic hydroxyl groups excluding tert-OH is 1. The van der Waals surface area contributed by atoms with E-state index in [1.165, 1.54) is 6.07 Å². The van der Waals surface area contributed by atoms with Crippen molar-refractivity contribution >= 4 is 5.97 Å². The van der Waals surface area contributed by atoms with Gasteiger partial charge in [-0.05, 0) is 51.3 Å². The number of rotatable bonds is 10. The maximum Gasteiger partial charge on any atom is 0.311 e. The third-order valence-corrected chi connectivity index (χ3v) is 6.56. The molecule has 1 heterocycles. The van der Waals surface area contributed by atoms with E-state index in [4.69, 9.17) is 9.47 Å². The number of halogens is 1. The fourth-order valence-electron chi connectivity index (χ4n) is 4.66. The highest BCUT2D eigenvalue weighted by Gasteiger charge is 2.63. The first-order valence-corrected chi connectivity index (χ1v) is 11.4. The summed E-state index contributed by atoms with van der Waals surface area (Å²) in [6.45, 7) is 8.13. The summed E-state index contributed by atoms with van der Waals surface area (Å²) in [5.74, 6) is -0.874. The molecule has 4 rings (SSSR count). The average molecular weight is 458 g/mol. The summed E-state index contributed by atoms with van der Waals surface area (Å²) in [5, 5.41) is 23.0. The van der Waals surface area contributed by atoms with E-state index in [1.54, 1.807) is 6.07 Å². The molecule has 1 aliphatic heterocycles. The molecule has 1 aliphatic carbocycles. The van der Waals surface area contributed by atoms with Gasteiger partial charge in [-0.1, -0.05) is 30.3 Å². The second kappa shape index (κ2) is 9.05. The van der Waals surface area contributed by atoms with Crippen LogP contribution in [0.2, 0.25) is 0 Å². The summed E-state index contributed by atoms with van der Waals surface area (Å²) >= 11 is 0. The summed E-state index contributed by atoms with van der Waals surface area (Å²) in [5.41, 5.74) is 2.90. The van der Waals surface area contributed by atoms with E-state index in [0.29, 0.717) is 24.3 Å². The molecule has 2 aliphatic rings. The lowest BCUT2D eigenvalue weighted by Crippen LogP contribution is -2.46. The zero-order chi connectivity index (χ0) is 23.9. The van der Waals surface area contributed by atoms with Crippen molar-refractivity contribution in [1.82, 2.24) is 5.32 Å². The van der Waals surface area contributed by atoms with Crippen LogP contribution in [-0.2, 0) is 16.0 Å². The number of aryl methyl sites for hydroxylation is 1. The normalized spacial score (nSPS) is 22.8. The molecule has 0 saturated heterocycles. The first-order chi connectivity index (χ1) is 15.6. The minimum Gasteiger partial charge on any atom is -0.488 e. The minimum absolute atomic E-state index is 0.0833. The van der Waals surface area contributed by atoms with Gasteiger partial charge in [0.1, 0.15) is 23.6 Å². The molecule has 1 unspecified atom stereocenters. The molecule has 0 radical (unpaired) electrons. The molecule has 6 nitrogen and oxygen atoms in total. The number of hydrogen-bond donors (Lipinski definition) is 3. The number of aliphatic hydroxyl groups is 1. The molecule has 5 atom stereocenters. The molecule has 3 N–H and O–H groups in total. The third kappa shape index (κ3) is 5.05. The summed E-state index contributed by atoms with van der Waals surface area (Å²) in [6, 6.07) is 10.9. The summed E-state index contributed by atoms with van der Waals surface area (Å²) in [4.78, 5) is 11.3. The van der Waals surface area contributed by atoms with E-state index < -0.39 is 23.5 Å². The standard InChI is InChI=1S/C26H32FNO5/c1-14-8-9-16(20(27)10-14)11-26(3,4)28-12-17(29)13-32-15(2)18-6-5-7-19-21-22(25(30)31)24(21)33-23(18)19/h5-10,15,17,21-22,24,28-29H,11-13H2,1-4H3,(H,30,31)/t15-,17?,21+,22+,24+/m1/s1. The van der Waals surface area contributed by atoms with Gasteiger partial charge in [0.15, 0.2) is 0 Å². The second-order valence-electron chi connectivity index (χ2n) is 9.90. The largest absolute Gasteiger partial charge is 0.488 e. The zero-order valence-electron chi connectivity index (χ0n) is 19.5. The molecule has 0 aromatic heterocycles. The highest BCUT2D eigenvalue weighted by molar-refractivity contribution is 5.79. The zero-order valence-corrected chi connectivity index (χ0v) is 19.5. The quantitative estimate of drug-likeness (QED) is 0.504. The predicted octanol–water partition coefficient (Wildman–Crippen LogP) is 3.74. The van der Waals surface area contributed by atoms with Gasteiger partial charge in [0.05, 0.1) is 18.8 Å². The van der Waals surface area contributed by atoms with E-state index in [-0.39, 0.29) is 30.5 Å². The number of fused-ring (bicyclic) bond motifs is 3. The van der Waals surface area contributed by atoms with Crippen LogP contribution in [0.3, 0.4) is 0 Å². The lowest BCUT2D eigenvalue weighted by atomic mass is 9.94. The molecular formula is C26H32FNO5. The Bertz CT molecular complexity index is 1040. The number of para-hydroxylation sites is 1. The van der Waals surface area contributed by atoms with Gasteiger partial charge in [-0.3, -0.25) is 4.79 Å². The van der Waals surface area contributed by atoms with Crippen molar-refractivity contribution in [3.63, 3.8) is 0 Å². The number of carboxylic acids is 1. The molecule has 0 bridgehead atoms. The van der Waals surface area contributed by atoms with Gasteiger partial charge in [-0.25, -0.2) is 4.39 Å². The van der Waals surface area contributed by atoms with Crippen molar-refractivity contribution in [2.45, 2.75) is 63.9 Å². The molecule has 1 fully saturated rings. The van der Waals surface area contributed by atoms with Gasteiger partial charge in [-0.2, -0.15) is 0 Å². The second-order valence-corrected chi connectivity index (χ2v) is 9.90. The summed E-state index contributed by atoms with van der Waals surface area (Å²) in [7, 11) is 0. The van der Waals surface area contributed by atoms with Crippen molar-refractivity contribution < 1.29 is 28.9 Å². The van der Waals surface area contributed by atoms with Gasteiger partial charge >= 0.3 is 5.97 Å². The highest BCUT2D eigenvalue weighted by atomic mass is 19.1. The number of benzene rings is 2. The Labute approximate surface area is 193 Å². The first-order valence-electron chi connectivity index (χ1n) is 11.4. The molecule has 2 aromatic rings. The van der Waals surface area contributed by atoms with E-state index in [0.717, 1.165) is 16.7 Å². The van der Waals surface area contributed by atoms with Gasteiger partial charge in [-0.15, -0.1) is 0 Å². The number of nitrogens with one attached hydrogen (secondary N) is 1. The summed E-state index contributed by atoms with van der Waals surface area (Å²) < 4.78 is 26.0. The van der Waals surface area contributed by atoms with Crippen LogP contribution in [0.1, 0.15) is 55.0 Å². The van der Waals surface area contributed by atoms with Crippen molar-refractivity contribution in [2.75, 3.05) is 13.2 Å². The van der Waals surface area contributed by atoms with Gasteiger partial charge in [0, 0.05) is 29.1 Å². The number of ether oxygens (including phenoxy) is 2. The van der Waals surface area contributed by atoms with Crippen molar-refractivity contribution in [3.05, 3.63) is 64.5 Å². The number of β-amino-alcohol motifs (C(OH)–C–C–N with tert-alkyl or cyclic N) is 1. The third-order valence-electron chi connectivity index (χ3n) is 6.56. The number of hydrogen-bond acceptors (Lipinski definition) is 5. The SMILES string of the molecule is Cc1ccc(CC(C)(C)NCC(O)CO[C@H](C)c2cccc3c2O[C@@H]2[C@@H](C(=O)O)[C@H]32)c(F)c1. The van der Waals surface area contributed by atoms with Gasteiger partial charge < -0.3 is 25.0 Å². The van der Waals surface area contributed by atoms with Crippen LogP contribution in [0.5, 0.6) is 5.75 Å². The van der Waals surface area contributed by atoms with E-state index >= 15 is 0 Å². The van der Waals surface area contributed by atoms with E-state index in [1.807, 2.05) is 52.0 Å². The van der Waals surface area contributed by atoms with Crippen LogP contribution in [0, 0.1) is 18.7 Å².